The molecule has 0 amide bonds. The van der Waals surface area contributed by atoms with E-state index < -0.39 is 11.7 Å². The van der Waals surface area contributed by atoms with Gasteiger partial charge in [0.2, 0.25) is 0 Å². The number of carbonyl (C=O) groups is 1. The molecule has 0 heterocycles. The highest BCUT2D eigenvalue weighted by Crippen LogP contribution is 2.31. The van der Waals surface area contributed by atoms with Gasteiger partial charge in [-0.05, 0) is 43.0 Å². The number of rotatable bonds is 3. The molecule has 0 saturated heterocycles. The molecule has 0 fully saturated rings. The van der Waals surface area contributed by atoms with Crippen molar-refractivity contribution in [3.8, 4) is 0 Å². The molecule has 110 valence electrons. The number of hydrogen-bond acceptors (Lipinski definition) is 2. The van der Waals surface area contributed by atoms with Crippen molar-refractivity contribution >= 4 is 17.5 Å². The van der Waals surface area contributed by atoms with Crippen LogP contribution >= 0.6 is 11.8 Å². The first-order valence-corrected chi connectivity index (χ1v) is 7.42. The molecular formula is C16H13F3OS. The van der Waals surface area contributed by atoms with Crippen LogP contribution in [0.3, 0.4) is 0 Å². The second-order valence-electron chi connectivity index (χ2n) is 4.56. The minimum absolute atomic E-state index is 0.258. The number of ketones is 1. The largest absolute Gasteiger partial charge is 0.416 e. The molecule has 21 heavy (non-hydrogen) atoms. The summed E-state index contributed by atoms with van der Waals surface area (Å²) in [6, 6.07) is 10.3. The van der Waals surface area contributed by atoms with Crippen LogP contribution in [0.5, 0.6) is 0 Å². The van der Waals surface area contributed by atoms with E-state index in [1.807, 2.05) is 18.4 Å². The normalized spacial score (nSPS) is 11.5. The van der Waals surface area contributed by atoms with Gasteiger partial charge in [0.15, 0.2) is 5.78 Å². The zero-order valence-electron chi connectivity index (χ0n) is 11.5. The van der Waals surface area contributed by atoms with Gasteiger partial charge >= 0.3 is 6.18 Å². The van der Waals surface area contributed by atoms with Gasteiger partial charge < -0.3 is 0 Å². The third-order valence-corrected chi connectivity index (χ3v) is 3.95. The number of aryl methyl sites for hydroxylation is 1. The Morgan fingerprint density at radius 1 is 1.05 bits per heavy atom. The number of alkyl halides is 3. The van der Waals surface area contributed by atoms with Crippen LogP contribution in [0.15, 0.2) is 47.4 Å². The summed E-state index contributed by atoms with van der Waals surface area (Å²) in [6.45, 7) is 1.52. The summed E-state index contributed by atoms with van der Waals surface area (Å²) in [6.07, 6.45) is -2.55. The van der Waals surface area contributed by atoms with Gasteiger partial charge in [-0.15, -0.1) is 11.8 Å². The van der Waals surface area contributed by atoms with E-state index in [4.69, 9.17) is 0 Å². The summed E-state index contributed by atoms with van der Waals surface area (Å²) in [5.74, 6) is -0.258. The number of thioether (sulfide) groups is 1. The Labute approximate surface area is 125 Å². The van der Waals surface area contributed by atoms with Crippen LogP contribution in [0.4, 0.5) is 13.2 Å². The second kappa shape index (κ2) is 5.93. The first-order chi connectivity index (χ1) is 9.84. The zero-order valence-corrected chi connectivity index (χ0v) is 12.3. The predicted molar refractivity (Wildman–Crippen MR) is 77.8 cm³/mol. The summed E-state index contributed by atoms with van der Waals surface area (Å²) in [5, 5.41) is 0. The van der Waals surface area contributed by atoms with E-state index in [0.717, 1.165) is 17.0 Å². The van der Waals surface area contributed by atoms with Crippen LogP contribution in [0.1, 0.15) is 27.0 Å². The van der Waals surface area contributed by atoms with Gasteiger partial charge in [0.25, 0.3) is 0 Å². The molecule has 0 saturated carbocycles. The fraction of sp³-hybridized carbons (Fsp3) is 0.188. The highest BCUT2D eigenvalue weighted by molar-refractivity contribution is 7.98. The van der Waals surface area contributed by atoms with Crippen LogP contribution in [0.25, 0.3) is 0 Å². The van der Waals surface area contributed by atoms with E-state index in [1.165, 1.54) is 24.8 Å². The first kappa shape index (κ1) is 15.6. The van der Waals surface area contributed by atoms with Crippen molar-refractivity contribution in [3.63, 3.8) is 0 Å². The lowest BCUT2D eigenvalue weighted by Crippen LogP contribution is -2.09. The van der Waals surface area contributed by atoms with Gasteiger partial charge in [-0.2, -0.15) is 13.2 Å². The molecule has 0 aliphatic carbocycles. The number of halogens is 3. The van der Waals surface area contributed by atoms with Crippen LogP contribution < -0.4 is 0 Å². The lowest BCUT2D eigenvalue weighted by Gasteiger charge is -2.12. The van der Waals surface area contributed by atoms with Gasteiger partial charge in [0.1, 0.15) is 0 Å². The Kier molecular flexibility index (Phi) is 4.42. The Hall–Kier alpha value is -1.75. The smallest absolute Gasteiger partial charge is 0.289 e. The molecule has 2 aromatic rings. The molecule has 0 N–H and O–H groups in total. The predicted octanol–water partition coefficient (Wildman–Crippen LogP) is 4.97. The second-order valence-corrected chi connectivity index (χ2v) is 5.40. The molecule has 5 heteroatoms. The van der Waals surface area contributed by atoms with Crippen molar-refractivity contribution < 1.29 is 18.0 Å². The van der Waals surface area contributed by atoms with E-state index in [0.29, 0.717) is 16.7 Å². The SMILES string of the molecule is CSc1ccccc1C(=O)c1ccc(C(F)(F)F)cc1C. The first-order valence-electron chi connectivity index (χ1n) is 6.20. The van der Waals surface area contributed by atoms with Crippen LogP contribution in [-0.4, -0.2) is 12.0 Å². The third kappa shape index (κ3) is 3.29. The molecule has 0 unspecified atom stereocenters. The van der Waals surface area contributed by atoms with E-state index in [9.17, 15) is 18.0 Å². The fourth-order valence-corrected chi connectivity index (χ4v) is 2.67. The molecule has 0 atom stereocenters. The van der Waals surface area contributed by atoms with Crippen molar-refractivity contribution in [3.05, 3.63) is 64.7 Å². The molecule has 2 aromatic carbocycles. The van der Waals surface area contributed by atoms with Gasteiger partial charge in [0.05, 0.1) is 5.56 Å². The minimum Gasteiger partial charge on any atom is -0.289 e. The van der Waals surface area contributed by atoms with E-state index in [2.05, 4.69) is 0 Å². The van der Waals surface area contributed by atoms with Gasteiger partial charge in [-0.1, -0.05) is 18.2 Å². The van der Waals surface area contributed by atoms with Crippen molar-refractivity contribution in [2.24, 2.45) is 0 Å². The van der Waals surface area contributed by atoms with Crippen molar-refractivity contribution in [2.45, 2.75) is 18.0 Å². The molecule has 0 bridgehead atoms. The Balaban J connectivity index is 2.45. The summed E-state index contributed by atoms with van der Waals surface area (Å²) < 4.78 is 38.0. The highest BCUT2D eigenvalue weighted by Gasteiger charge is 2.31. The topological polar surface area (TPSA) is 17.1 Å². The summed E-state index contributed by atoms with van der Waals surface area (Å²) in [5.41, 5.74) is 0.387. The Morgan fingerprint density at radius 2 is 1.71 bits per heavy atom. The third-order valence-electron chi connectivity index (χ3n) is 3.15. The highest BCUT2D eigenvalue weighted by atomic mass is 32.2. The zero-order chi connectivity index (χ0) is 15.6. The maximum atomic E-state index is 12.7. The molecule has 2 rings (SSSR count). The molecule has 0 aromatic heterocycles. The maximum absolute atomic E-state index is 12.7. The number of carbonyl (C=O) groups excluding carboxylic acids is 1. The molecule has 1 nitrogen and oxygen atoms in total. The van der Waals surface area contributed by atoms with Crippen LogP contribution in [0.2, 0.25) is 0 Å². The van der Waals surface area contributed by atoms with E-state index in [1.54, 1.807) is 12.1 Å². The van der Waals surface area contributed by atoms with Gasteiger partial charge in [-0.3, -0.25) is 4.79 Å². The van der Waals surface area contributed by atoms with E-state index in [-0.39, 0.29) is 5.78 Å². The lowest BCUT2D eigenvalue weighted by molar-refractivity contribution is -0.137. The Bertz CT molecular complexity index is 677. The summed E-state index contributed by atoms with van der Waals surface area (Å²) in [7, 11) is 0. The molecule has 0 radical (unpaired) electrons. The lowest BCUT2D eigenvalue weighted by atomic mass is 9.97. The van der Waals surface area contributed by atoms with Gasteiger partial charge in [0, 0.05) is 16.0 Å². The average Bonchev–Trinajstić information content (AvgIpc) is 2.45. The van der Waals surface area contributed by atoms with Gasteiger partial charge in [-0.25, -0.2) is 0 Å². The van der Waals surface area contributed by atoms with Crippen molar-refractivity contribution in [1.82, 2.24) is 0 Å². The monoisotopic (exact) mass is 310 g/mol. The number of benzene rings is 2. The number of hydrogen-bond donors (Lipinski definition) is 0. The average molecular weight is 310 g/mol. The Morgan fingerprint density at radius 3 is 2.29 bits per heavy atom. The fourth-order valence-electron chi connectivity index (χ4n) is 2.07. The molecule has 0 aliphatic rings. The summed E-state index contributed by atoms with van der Waals surface area (Å²) in [4.78, 5) is 13.3. The molecule has 0 aliphatic heterocycles. The van der Waals surface area contributed by atoms with Crippen LogP contribution in [-0.2, 0) is 6.18 Å². The minimum atomic E-state index is -4.40. The molecular weight excluding hydrogens is 297 g/mol. The quantitative estimate of drug-likeness (QED) is 0.588. The maximum Gasteiger partial charge on any atom is 0.416 e. The summed E-state index contributed by atoms with van der Waals surface area (Å²) >= 11 is 1.43. The standard InChI is InChI=1S/C16H13F3OS/c1-10-9-11(16(17,18)19)7-8-12(10)15(20)13-5-3-4-6-14(13)21-2/h3-9H,1-2H3. The van der Waals surface area contributed by atoms with Crippen molar-refractivity contribution in [1.29, 1.82) is 0 Å². The van der Waals surface area contributed by atoms with Crippen molar-refractivity contribution in [2.75, 3.05) is 6.26 Å². The molecule has 0 spiro atoms. The van der Waals surface area contributed by atoms with Crippen LogP contribution in [0, 0.1) is 6.92 Å². The van der Waals surface area contributed by atoms with E-state index >= 15 is 0 Å².